The van der Waals surface area contributed by atoms with Gasteiger partial charge < -0.3 is 20.1 Å². The second-order valence-electron chi connectivity index (χ2n) is 5.06. The van der Waals surface area contributed by atoms with Gasteiger partial charge in [0, 0.05) is 40.0 Å². The van der Waals surface area contributed by atoms with Crippen LogP contribution >= 0.6 is 0 Å². The molecule has 0 aromatic rings. The number of ether oxygens (including phenoxy) is 2. The zero-order chi connectivity index (χ0) is 15.2. The molecule has 0 saturated heterocycles. The Morgan fingerprint density at radius 2 is 1.95 bits per heavy atom. The maximum Gasteiger partial charge on any atom is 0.191 e. The summed E-state index contributed by atoms with van der Waals surface area (Å²) < 4.78 is 10.8. The Hall–Kier alpha value is -0.810. The standard InChI is InChI=1S/C15H33N3O2/c1-6-16-15(17-10-8-12-19-5)18-11-9-14(13(3)4)20-7-2/h13-14H,6-12H2,1-5H3,(H2,16,17,18). The highest BCUT2D eigenvalue weighted by molar-refractivity contribution is 5.79. The number of nitrogens with one attached hydrogen (secondary N) is 2. The Morgan fingerprint density at radius 3 is 2.50 bits per heavy atom. The molecule has 0 aromatic heterocycles. The van der Waals surface area contributed by atoms with E-state index in [1.54, 1.807) is 7.11 Å². The first-order valence-electron chi connectivity index (χ1n) is 7.78. The van der Waals surface area contributed by atoms with Gasteiger partial charge in [-0.25, -0.2) is 0 Å². The molecule has 0 aliphatic rings. The van der Waals surface area contributed by atoms with Crippen molar-refractivity contribution in [2.24, 2.45) is 10.9 Å². The predicted octanol–water partition coefficient (Wildman–Crippen LogP) is 2.03. The minimum atomic E-state index is 0.309. The van der Waals surface area contributed by atoms with Crippen LogP contribution in [0.25, 0.3) is 0 Å². The van der Waals surface area contributed by atoms with Gasteiger partial charge in [0.1, 0.15) is 0 Å². The lowest BCUT2D eigenvalue weighted by Crippen LogP contribution is -2.39. The molecule has 120 valence electrons. The van der Waals surface area contributed by atoms with Crippen molar-refractivity contribution in [2.45, 2.75) is 46.6 Å². The fourth-order valence-corrected chi connectivity index (χ4v) is 1.90. The molecular formula is C15H33N3O2. The van der Waals surface area contributed by atoms with Crippen LogP contribution in [-0.2, 0) is 9.47 Å². The van der Waals surface area contributed by atoms with Crippen molar-refractivity contribution in [1.29, 1.82) is 0 Å². The van der Waals surface area contributed by atoms with Crippen molar-refractivity contribution in [3.05, 3.63) is 0 Å². The summed E-state index contributed by atoms with van der Waals surface area (Å²) >= 11 is 0. The third-order valence-electron chi connectivity index (χ3n) is 2.97. The molecule has 0 radical (unpaired) electrons. The predicted molar refractivity (Wildman–Crippen MR) is 85.3 cm³/mol. The van der Waals surface area contributed by atoms with Gasteiger partial charge in [-0.3, -0.25) is 4.99 Å². The van der Waals surface area contributed by atoms with Crippen LogP contribution in [0.1, 0.15) is 40.5 Å². The summed E-state index contributed by atoms with van der Waals surface area (Å²) in [5.41, 5.74) is 0. The van der Waals surface area contributed by atoms with Gasteiger partial charge in [0.2, 0.25) is 0 Å². The van der Waals surface area contributed by atoms with Crippen molar-refractivity contribution in [2.75, 3.05) is 40.0 Å². The molecule has 2 N–H and O–H groups in total. The first kappa shape index (κ1) is 19.2. The molecule has 0 spiro atoms. The third-order valence-corrected chi connectivity index (χ3v) is 2.97. The zero-order valence-electron chi connectivity index (χ0n) is 13.9. The van der Waals surface area contributed by atoms with Crippen LogP contribution in [0.3, 0.4) is 0 Å². The summed E-state index contributed by atoms with van der Waals surface area (Å²) in [6, 6.07) is 0. The van der Waals surface area contributed by atoms with Crippen LogP contribution in [-0.4, -0.2) is 52.0 Å². The molecular weight excluding hydrogens is 254 g/mol. The average molecular weight is 287 g/mol. The molecule has 20 heavy (non-hydrogen) atoms. The lowest BCUT2D eigenvalue weighted by molar-refractivity contribution is 0.0258. The van der Waals surface area contributed by atoms with E-state index in [0.717, 1.165) is 51.6 Å². The minimum absolute atomic E-state index is 0.309. The lowest BCUT2D eigenvalue weighted by Gasteiger charge is -2.21. The Labute approximate surface area is 124 Å². The summed E-state index contributed by atoms with van der Waals surface area (Å²) in [5.74, 6) is 1.42. The van der Waals surface area contributed by atoms with Gasteiger partial charge in [0.25, 0.3) is 0 Å². The maximum atomic E-state index is 5.74. The highest BCUT2D eigenvalue weighted by atomic mass is 16.5. The fraction of sp³-hybridized carbons (Fsp3) is 0.933. The van der Waals surface area contributed by atoms with Crippen LogP contribution < -0.4 is 10.6 Å². The van der Waals surface area contributed by atoms with Gasteiger partial charge in [-0.15, -0.1) is 0 Å². The molecule has 0 aliphatic carbocycles. The SMILES string of the molecule is CCNC(=NCCCOC)NCCC(OCC)C(C)C. The minimum Gasteiger partial charge on any atom is -0.385 e. The molecule has 5 heteroatoms. The van der Waals surface area contributed by atoms with E-state index in [-0.39, 0.29) is 0 Å². The molecule has 0 amide bonds. The summed E-state index contributed by atoms with van der Waals surface area (Å²) in [4.78, 5) is 4.51. The van der Waals surface area contributed by atoms with E-state index < -0.39 is 0 Å². The van der Waals surface area contributed by atoms with Crippen LogP contribution in [0.2, 0.25) is 0 Å². The summed E-state index contributed by atoms with van der Waals surface area (Å²) in [7, 11) is 1.72. The quantitative estimate of drug-likeness (QED) is 0.347. The first-order chi connectivity index (χ1) is 9.65. The van der Waals surface area contributed by atoms with Crippen molar-refractivity contribution in [1.82, 2.24) is 10.6 Å². The molecule has 0 rings (SSSR count). The maximum absolute atomic E-state index is 5.74. The van der Waals surface area contributed by atoms with Gasteiger partial charge in [0.15, 0.2) is 5.96 Å². The molecule has 1 unspecified atom stereocenters. The number of hydrogen-bond acceptors (Lipinski definition) is 3. The Bertz CT molecular complexity index is 245. The van der Waals surface area contributed by atoms with Gasteiger partial charge in [-0.05, 0) is 32.6 Å². The normalized spacial score (nSPS) is 13.6. The number of methoxy groups -OCH3 is 1. The highest BCUT2D eigenvalue weighted by Crippen LogP contribution is 2.09. The number of guanidine groups is 1. The second-order valence-corrected chi connectivity index (χ2v) is 5.06. The van der Waals surface area contributed by atoms with E-state index in [9.17, 15) is 0 Å². The monoisotopic (exact) mass is 287 g/mol. The summed E-state index contributed by atoms with van der Waals surface area (Å²) in [6.07, 6.45) is 2.25. The van der Waals surface area contributed by atoms with E-state index >= 15 is 0 Å². The Morgan fingerprint density at radius 1 is 1.20 bits per heavy atom. The number of hydrogen-bond donors (Lipinski definition) is 2. The molecule has 0 aromatic carbocycles. The molecule has 1 atom stereocenters. The van der Waals surface area contributed by atoms with Crippen LogP contribution in [0.4, 0.5) is 0 Å². The van der Waals surface area contributed by atoms with E-state index in [1.165, 1.54) is 0 Å². The third kappa shape index (κ3) is 10.0. The summed E-state index contributed by atoms with van der Waals surface area (Å²) in [6.45, 7) is 12.6. The molecule has 0 fully saturated rings. The van der Waals surface area contributed by atoms with E-state index in [0.29, 0.717) is 12.0 Å². The smallest absolute Gasteiger partial charge is 0.191 e. The second kappa shape index (κ2) is 13.2. The van der Waals surface area contributed by atoms with E-state index in [1.807, 2.05) is 6.92 Å². The lowest BCUT2D eigenvalue weighted by atomic mass is 10.0. The number of rotatable bonds is 11. The van der Waals surface area contributed by atoms with Crippen molar-refractivity contribution >= 4 is 5.96 Å². The average Bonchev–Trinajstić information content (AvgIpc) is 2.42. The Balaban J connectivity index is 4.05. The molecule has 0 heterocycles. The van der Waals surface area contributed by atoms with Crippen molar-refractivity contribution < 1.29 is 9.47 Å². The largest absolute Gasteiger partial charge is 0.385 e. The van der Waals surface area contributed by atoms with E-state index in [2.05, 4.69) is 36.4 Å². The zero-order valence-corrected chi connectivity index (χ0v) is 13.9. The van der Waals surface area contributed by atoms with Crippen molar-refractivity contribution in [3.8, 4) is 0 Å². The molecule has 0 aliphatic heterocycles. The summed E-state index contributed by atoms with van der Waals surface area (Å²) in [5, 5.41) is 6.61. The van der Waals surface area contributed by atoms with Gasteiger partial charge in [-0.2, -0.15) is 0 Å². The van der Waals surface area contributed by atoms with Gasteiger partial charge in [0.05, 0.1) is 6.10 Å². The number of aliphatic imine (C=N–C) groups is 1. The Kier molecular flexibility index (Phi) is 12.7. The first-order valence-corrected chi connectivity index (χ1v) is 7.78. The molecule has 0 bridgehead atoms. The van der Waals surface area contributed by atoms with Crippen LogP contribution in [0.15, 0.2) is 4.99 Å². The van der Waals surface area contributed by atoms with Crippen LogP contribution in [0, 0.1) is 5.92 Å². The van der Waals surface area contributed by atoms with Crippen molar-refractivity contribution in [3.63, 3.8) is 0 Å². The fourth-order valence-electron chi connectivity index (χ4n) is 1.90. The highest BCUT2D eigenvalue weighted by Gasteiger charge is 2.12. The number of nitrogens with zero attached hydrogens (tertiary/aromatic N) is 1. The van der Waals surface area contributed by atoms with Crippen LogP contribution in [0.5, 0.6) is 0 Å². The molecule has 5 nitrogen and oxygen atoms in total. The van der Waals surface area contributed by atoms with E-state index in [4.69, 9.17) is 9.47 Å². The van der Waals surface area contributed by atoms with Gasteiger partial charge >= 0.3 is 0 Å². The topological polar surface area (TPSA) is 54.9 Å². The molecule has 0 saturated carbocycles. The van der Waals surface area contributed by atoms with Gasteiger partial charge in [-0.1, -0.05) is 13.8 Å².